The molecular formula is C24H48N2O13. The summed E-state index contributed by atoms with van der Waals surface area (Å²) in [5, 5.41) is 25.2. The highest BCUT2D eigenvalue weighted by Crippen LogP contribution is 2.07. The van der Waals surface area contributed by atoms with Crippen LogP contribution in [0.1, 0.15) is 57.8 Å². The summed E-state index contributed by atoms with van der Waals surface area (Å²) in [5.74, 6) is -4.09. The van der Waals surface area contributed by atoms with Crippen molar-refractivity contribution < 1.29 is 62.9 Å². The highest BCUT2D eigenvalue weighted by molar-refractivity contribution is 6.32. The fraction of sp³-hybridized carbons (Fsp3) is 0.833. The van der Waals surface area contributed by atoms with Gasteiger partial charge in [-0.3, -0.25) is 14.4 Å². The number of carboxylic acid groups (broad SMARTS) is 3. The molecule has 0 radical (unpaired) electrons. The van der Waals surface area contributed by atoms with Gasteiger partial charge in [-0.05, 0) is 51.4 Å². The minimum atomic E-state index is -1.38. The average molecular weight is 573 g/mol. The van der Waals surface area contributed by atoms with Gasteiger partial charge in [0.15, 0.2) is 18.9 Å². The Morgan fingerprint density at radius 3 is 1.05 bits per heavy atom. The first kappa shape index (κ1) is 41.2. The number of ketones is 1. The smallest absolute Gasteiger partial charge is 0.372 e. The summed E-state index contributed by atoms with van der Waals surface area (Å²) in [6, 6.07) is -1.57. The van der Waals surface area contributed by atoms with E-state index >= 15 is 0 Å². The number of carbonyl (C=O) groups excluding carboxylic acids is 1. The Morgan fingerprint density at radius 2 is 0.821 bits per heavy atom. The van der Waals surface area contributed by atoms with Gasteiger partial charge in [0.1, 0.15) is 12.1 Å². The standard InChI is InChI=1S/2C8H17NO4.C8H14O5/c3*1-12-7(13-2)5-3-4-6(9)8(10)11/h2*6-7H,3-5,9H2,1-2H3,(H,10,11);7H,3-5H2,1-2H3,(H,10,11). The highest BCUT2D eigenvalue weighted by Gasteiger charge is 2.14. The first-order valence-corrected chi connectivity index (χ1v) is 12.2. The maximum atomic E-state index is 10.6. The van der Waals surface area contributed by atoms with Crippen molar-refractivity contribution in [3.63, 3.8) is 0 Å². The summed E-state index contributed by atoms with van der Waals surface area (Å²) in [6.45, 7) is 0. The van der Waals surface area contributed by atoms with E-state index in [-0.39, 0.29) is 25.3 Å². The van der Waals surface area contributed by atoms with Crippen LogP contribution < -0.4 is 11.5 Å². The molecule has 0 saturated carbocycles. The van der Waals surface area contributed by atoms with Crippen molar-refractivity contribution in [3.8, 4) is 0 Å². The molecule has 0 bridgehead atoms. The number of hydrogen-bond donors (Lipinski definition) is 5. The maximum absolute atomic E-state index is 10.6. The van der Waals surface area contributed by atoms with Crippen LogP contribution in [0.3, 0.4) is 0 Å². The summed E-state index contributed by atoms with van der Waals surface area (Å²) >= 11 is 0. The van der Waals surface area contributed by atoms with Gasteiger partial charge in [-0.15, -0.1) is 0 Å². The predicted octanol–water partition coefficient (Wildman–Crippen LogP) is 0.804. The van der Waals surface area contributed by atoms with Gasteiger partial charge < -0.3 is 55.2 Å². The molecule has 0 spiro atoms. The van der Waals surface area contributed by atoms with Crippen LogP contribution in [-0.2, 0) is 47.6 Å². The first-order chi connectivity index (χ1) is 18.3. The number of carbonyl (C=O) groups is 4. The molecule has 0 fully saturated rings. The molecule has 0 aromatic rings. The molecule has 0 heterocycles. The zero-order chi connectivity index (χ0) is 30.8. The molecule has 0 aliphatic heterocycles. The minimum Gasteiger partial charge on any atom is -0.480 e. The van der Waals surface area contributed by atoms with Crippen molar-refractivity contribution >= 4 is 23.7 Å². The lowest BCUT2D eigenvalue weighted by atomic mass is 10.1. The molecule has 232 valence electrons. The fourth-order valence-corrected chi connectivity index (χ4v) is 2.79. The molecule has 2 unspecified atom stereocenters. The van der Waals surface area contributed by atoms with Crippen molar-refractivity contribution in [2.75, 3.05) is 42.7 Å². The third-order valence-electron chi connectivity index (χ3n) is 5.20. The third-order valence-corrected chi connectivity index (χ3v) is 5.20. The monoisotopic (exact) mass is 572 g/mol. The zero-order valence-corrected chi connectivity index (χ0v) is 23.8. The molecule has 15 nitrogen and oxygen atoms in total. The summed E-state index contributed by atoms with van der Waals surface area (Å²) < 4.78 is 29.4. The van der Waals surface area contributed by atoms with Crippen LogP contribution in [0.2, 0.25) is 0 Å². The number of Topliss-reactive ketones (excluding diaryl/α,β-unsaturated/α-hetero) is 1. The Kier molecular flexibility index (Phi) is 28.9. The molecule has 2 atom stereocenters. The van der Waals surface area contributed by atoms with E-state index in [1.165, 1.54) is 14.2 Å². The summed E-state index contributed by atoms with van der Waals surface area (Å²) in [4.78, 5) is 41.4. The van der Waals surface area contributed by atoms with E-state index in [0.717, 1.165) is 0 Å². The van der Waals surface area contributed by atoms with Crippen LogP contribution >= 0.6 is 0 Å². The van der Waals surface area contributed by atoms with E-state index in [2.05, 4.69) is 0 Å². The Bertz CT molecular complexity index is 606. The fourth-order valence-electron chi connectivity index (χ4n) is 2.79. The lowest BCUT2D eigenvalue weighted by molar-refractivity contribution is -0.149. The van der Waals surface area contributed by atoms with Gasteiger partial charge in [0.25, 0.3) is 0 Å². The van der Waals surface area contributed by atoms with Crippen LogP contribution in [0.25, 0.3) is 0 Å². The number of carboxylic acids is 3. The van der Waals surface area contributed by atoms with E-state index in [4.69, 9.17) is 55.2 Å². The van der Waals surface area contributed by atoms with Crippen LogP contribution in [-0.4, -0.2) is 113 Å². The lowest BCUT2D eigenvalue weighted by Gasteiger charge is -2.13. The van der Waals surface area contributed by atoms with Crippen LogP contribution in [0.4, 0.5) is 0 Å². The largest absolute Gasteiger partial charge is 0.480 e. The SMILES string of the molecule is COC(CCCC(=O)C(=O)O)OC.COC(CCCC(N)C(=O)O)OC.COC(CCCC(N)C(=O)O)OC. The van der Waals surface area contributed by atoms with E-state index in [9.17, 15) is 19.2 Å². The zero-order valence-electron chi connectivity index (χ0n) is 23.8. The van der Waals surface area contributed by atoms with Crippen LogP contribution in [0.15, 0.2) is 0 Å². The predicted molar refractivity (Wildman–Crippen MR) is 139 cm³/mol. The van der Waals surface area contributed by atoms with Gasteiger partial charge in [-0.2, -0.15) is 0 Å². The van der Waals surface area contributed by atoms with Gasteiger partial charge in [0, 0.05) is 49.1 Å². The van der Waals surface area contributed by atoms with Gasteiger partial charge in [-0.1, -0.05) is 0 Å². The molecule has 0 aromatic carbocycles. The van der Waals surface area contributed by atoms with Crippen molar-refractivity contribution in [2.24, 2.45) is 11.5 Å². The maximum Gasteiger partial charge on any atom is 0.372 e. The van der Waals surface area contributed by atoms with E-state index in [1.807, 2.05) is 0 Å². The molecule has 7 N–H and O–H groups in total. The second kappa shape index (κ2) is 27.3. The lowest BCUT2D eigenvalue weighted by Crippen LogP contribution is -2.30. The normalized spacial score (nSPS) is 12.3. The number of nitrogens with two attached hydrogens (primary N) is 2. The molecule has 15 heteroatoms. The second-order valence-electron chi connectivity index (χ2n) is 8.07. The number of ether oxygens (including phenoxy) is 6. The Balaban J connectivity index is -0.000000498. The Morgan fingerprint density at radius 1 is 0.538 bits per heavy atom. The Hall–Kier alpha value is -2.24. The van der Waals surface area contributed by atoms with E-state index in [1.54, 1.807) is 28.4 Å². The van der Waals surface area contributed by atoms with Gasteiger partial charge in [0.2, 0.25) is 5.78 Å². The minimum absolute atomic E-state index is 0.0263. The van der Waals surface area contributed by atoms with Crippen molar-refractivity contribution in [1.82, 2.24) is 0 Å². The van der Waals surface area contributed by atoms with Crippen molar-refractivity contribution in [1.29, 1.82) is 0 Å². The number of hydrogen-bond acceptors (Lipinski definition) is 12. The van der Waals surface area contributed by atoms with Crippen molar-refractivity contribution in [3.05, 3.63) is 0 Å². The van der Waals surface area contributed by atoms with E-state index < -0.39 is 35.8 Å². The van der Waals surface area contributed by atoms with Gasteiger partial charge >= 0.3 is 17.9 Å². The summed E-state index contributed by atoms with van der Waals surface area (Å²) in [6.07, 6.45) is 3.68. The quantitative estimate of drug-likeness (QED) is 0.0944. The van der Waals surface area contributed by atoms with E-state index in [0.29, 0.717) is 51.4 Å². The second-order valence-corrected chi connectivity index (χ2v) is 8.07. The molecule has 0 aromatic heterocycles. The third kappa shape index (κ3) is 25.8. The number of methoxy groups -OCH3 is 6. The molecular weight excluding hydrogens is 524 g/mol. The van der Waals surface area contributed by atoms with Gasteiger partial charge in [-0.25, -0.2) is 4.79 Å². The summed E-state index contributed by atoms with van der Waals surface area (Å²) in [5.41, 5.74) is 10.6. The number of aliphatic carboxylic acids is 3. The molecule has 0 aliphatic carbocycles. The topological polar surface area (TPSA) is 236 Å². The molecule has 0 rings (SSSR count). The van der Waals surface area contributed by atoms with Crippen LogP contribution in [0, 0.1) is 0 Å². The average Bonchev–Trinajstić information content (AvgIpc) is 2.91. The molecule has 0 amide bonds. The van der Waals surface area contributed by atoms with Gasteiger partial charge in [0.05, 0.1) is 0 Å². The molecule has 39 heavy (non-hydrogen) atoms. The summed E-state index contributed by atoms with van der Waals surface area (Å²) in [7, 11) is 9.17. The number of rotatable bonds is 21. The van der Waals surface area contributed by atoms with Crippen molar-refractivity contribution in [2.45, 2.75) is 88.7 Å². The molecule has 0 aliphatic rings. The van der Waals surface area contributed by atoms with Crippen LogP contribution in [0.5, 0.6) is 0 Å². The Labute approximate surface area is 230 Å². The molecule has 0 saturated heterocycles. The first-order valence-electron chi connectivity index (χ1n) is 12.2. The highest BCUT2D eigenvalue weighted by atomic mass is 16.7.